The molecule has 1 atom stereocenters. The van der Waals surface area contributed by atoms with Crippen LogP contribution < -0.4 is 9.47 Å². The predicted molar refractivity (Wildman–Crippen MR) is 63.1 cm³/mol. The van der Waals surface area contributed by atoms with E-state index in [1.165, 1.54) is 0 Å². The second-order valence-electron chi connectivity index (χ2n) is 3.69. The highest BCUT2D eigenvalue weighted by Crippen LogP contribution is 2.29. The molecule has 0 radical (unpaired) electrons. The Bertz CT molecular complexity index is 347. The molecule has 16 heavy (non-hydrogen) atoms. The highest BCUT2D eigenvalue weighted by Gasteiger charge is 2.08. The average Bonchev–Trinajstić information content (AvgIpc) is 2.31. The van der Waals surface area contributed by atoms with Crippen molar-refractivity contribution in [3.8, 4) is 11.5 Å². The summed E-state index contributed by atoms with van der Waals surface area (Å²) in [5, 5.41) is 0. The maximum Gasteiger partial charge on any atom is 0.161 e. The number of carbonyl (C=O) groups excluding carboxylic acids is 1. The maximum atomic E-state index is 10.4. The first-order valence-electron chi connectivity index (χ1n) is 5.48. The van der Waals surface area contributed by atoms with E-state index in [1.54, 1.807) is 7.11 Å². The second kappa shape index (κ2) is 6.16. The smallest absolute Gasteiger partial charge is 0.161 e. The number of ether oxygens (including phenoxy) is 2. The molecule has 0 heterocycles. The first kappa shape index (κ1) is 12.6. The van der Waals surface area contributed by atoms with Crippen LogP contribution in [0.1, 0.15) is 25.8 Å². The Morgan fingerprint density at radius 1 is 1.38 bits per heavy atom. The van der Waals surface area contributed by atoms with Crippen LogP contribution in [0.15, 0.2) is 18.2 Å². The van der Waals surface area contributed by atoms with Crippen LogP contribution in [0.3, 0.4) is 0 Å². The van der Waals surface area contributed by atoms with Gasteiger partial charge in [-0.05, 0) is 31.0 Å². The molecule has 0 bridgehead atoms. The van der Waals surface area contributed by atoms with Gasteiger partial charge in [0.1, 0.15) is 6.29 Å². The zero-order valence-electron chi connectivity index (χ0n) is 10.0. The third-order valence-electron chi connectivity index (χ3n) is 2.45. The van der Waals surface area contributed by atoms with Gasteiger partial charge < -0.3 is 14.3 Å². The van der Waals surface area contributed by atoms with Gasteiger partial charge in [0, 0.05) is 6.42 Å². The molecular formula is C13H18O3. The summed E-state index contributed by atoms with van der Waals surface area (Å²) in [5.74, 6) is 1.41. The van der Waals surface area contributed by atoms with Gasteiger partial charge in [0.25, 0.3) is 0 Å². The summed E-state index contributed by atoms with van der Waals surface area (Å²) < 4.78 is 10.9. The van der Waals surface area contributed by atoms with Gasteiger partial charge in [-0.25, -0.2) is 0 Å². The van der Waals surface area contributed by atoms with Crippen molar-refractivity contribution in [1.29, 1.82) is 0 Å². The van der Waals surface area contributed by atoms with Gasteiger partial charge in [0.15, 0.2) is 11.5 Å². The van der Waals surface area contributed by atoms with E-state index in [0.717, 1.165) is 24.0 Å². The number of benzene rings is 1. The molecule has 0 saturated carbocycles. The Labute approximate surface area is 96.4 Å². The van der Waals surface area contributed by atoms with Gasteiger partial charge in [-0.1, -0.05) is 13.0 Å². The largest absolute Gasteiger partial charge is 0.493 e. The Hall–Kier alpha value is -1.51. The molecule has 1 aromatic rings. The molecule has 88 valence electrons. The van der Waals surface area contributed by atoms with E-state index in [4.69, 9.17) is 9.47 Å². The lowest BCUT2D eigenvalue weighted by molar-refractivity contribution is -0.107. The molecule has 0 aromatic heterocycles. The first-order valence-corrected chi connectivity index (χ1v) is 5.48. The number of methoxy groups -OCH3 is 1. The first-order chi connectivity index (χ1) is 7.71. The molecule has 3 heteroatoms. The lowest BCUT2D eigenvalue weighted by Crippen LogP contribution is -2.10. The topological polar surface area (TPSA) is 35.5 Å². The molecule has 0 N–H and O–H groups in total. The van der Waals surface area contributed by atoms with Crippen molar-refractivity contribution in [3.63, 3.8) is 0 Å². The van der Waals surface area contributed by atoms with Gasteiger partial charge in [0.2, 0.25) is 0 Å². The van der Waals surface area contributed by atoms with Crippen molar-refractivity contribution in [1.82, 2.24) is 0 Å². The highest BCUT2D eigenvalue weighted by molar-refractivity contribution is 5.56. The molecule has 1 rings (SSSR count). The Morgan fingerprint density at radius 3 is 2.69 bits per heavy atom. The van der Waals surface area contributed by atoms with Crippen molar-refractivity contribution < 1.29 is 14.3 Å². The lowest BCUT2D eigenvalue weighted by atomic mass is 10.1. The number of hydrogen-bond donors (Lipinski definition) is 0. The predicted octanol–water partition coefficient (Wildman–Crippen LogP) is 2.61. The van der Waals surface area contributed by atoms with Crippen molar-refractivity contribution in [2.24, 2.45) is 0 Å². The van der Waals surface area contributed by atoms with E-state index >= 15 is 0 Å². The van der Waals surface area contributed by atoms with Crippen molar-refractivity contribution >= 4 is 6.29 Å². The number of carbonyl (C=O) groups is 1. The molecule has 0 aliphatic carbocycles. The molecule has 0 aliphatic heterocycles. The molecule has 0 fully saturated rings. The Morgan fingerprint density at radius 2 is 2.12 bits per heavy atom. The minimum Gasteiger partial charge on any atom is -0.493 e. The Kier molecular flexibility index (Phi) is 4.83. The third-order valence-corrected chi connectivity index (χ3v) is 2.45. The zero-order valence-corrected chi connectivity index (χ0v) is 10.0. The van der Waals surface area contributed by atoms with E-state index in [0.29, 0.717) is 12.2 Å². The fraction of sp³-hybridized carbons (Fsp3) is 0.462. The van der Waals surface area contributed by atoms with E-state index in [1.807, 2.05) is 25.1 Å². The molecular weight excluding hydrogens is 204 g/mol. The van der Waals surface area contributed by atoms with Crippen LogP contribution in [0.4, 0.5) is 0 Å². The SMILES string of the molecule is CC[C@@H](C)Oc1ccc(CC=O)cc1OC. The average molecular weight is 222 g/mol. The van der Waals surface area contributed by atoms with E-state index < -0.39 is 0 Å². The minimum absolute atomic E-state index is 0.158. The van der Waals surface area contributed by atoms with Crippen molar-refractivity contribution in [2.75, 3.05) is 7.11 Å². The molecule has 0 aliphatic rings. The standard InChI is InChI=1S/C13H18O3/c1-4-10(2)16-12-6-5-11(7-8-14)9-13(12)15-3/h5-6,8-10H,4,7H2,1-3H3/t10-/m1/s1. The van der Waals surface area contributed by atoms with Crippen LogP contribution >= 0.6 is 0 Å². The zero-order chi connectivity index (χ0) is 12.0. The van der Waals surface area contributed by atoms with Crippen LogP contribution in [0.2, 0.25) is 0 Å². The van der Waals surface area contributed by atoms with Crippen molar-refractivity contribution in [3.05, 3.63) is 23.8 Å². The summed E-state index contributed by atoms with van der Waals surface area (Å²) in [5.41, 5.74) is 0.934. The van der Waals surface area contributed by atoms with Crippen LogP contribution in [0.5, 0.6) is 11.5 Å². The molecule has 1 aromatic carbocycles. The van der Waals surface area contributed by atoms with Gasteiger partial charge in [-0.2, -0.15) is 0 Å². The summed E-state index contributed by atoms with van der Waals surface area (Å²) in [7, 11) is 1.60. The lowest BCUT2D eigenvalue weighted by Gasteiger charge is -2.15. The monoisotopic (exact) mass is 222 g/mol. The summed E-state index contributed by atoms with van der Waals surface area (Å²) in [6, 6.07) is 5.57. The highest BCUT2D eigenvalue weighted by atomic mass is 16.5. The fourth-order valence-electron chi connectivity index (χ4n) is 1.33. The molecule has 0 spiro atoms. The number of aldehydes is 1. The van der Waals surface area contributed by atoms with Gasteiger partial charge in [0.05, 0.1) is 13.2 Å². The molecule has 0 saturated heterocycles. The van der Waals surface area contributed by atoms with E-state index in [2.05, 4.69) is 6.92 Å². The van der Waals surface area contributed by atoms with Crippen LogP contribution in [0.25, 0.3) is 0 Å². The summed E-state index contributed by atoms with van der Waals surface area (Å²) in [4.78, 5) is 10.4. The molecule has 0 amide bonds. The van der Waals surface area contributed by atoms with Crippen molar-refractivity contribution in [2.45, 2.75) is 32.8 Å². The van der Waals surface area contributed by atoms with E-state index in [9.17, 15) is 4.79 Å². The van der Waals surface area contributed by atoms with Crippen LogP contribution in [-0.4, -0.2) is 19.5 Å². The van der Waals surface area contributed by atoms with E-state index in [-0.39, 0.29) is 6.10 Å². The number of hydrogen-bond acceptors (Lipinski definition) is 3. The molecule has 0 unspecified atom stereocenters. The quantitative estimate of drug-likeness (QED) is 0.694. The van der Waals surface area contributed by atoms with Crippen LogP contribution in [-0.2, 0) is 11.2 Å². The fourth-order valence-corrected chi connectivity index (χ4v) is 1.33. The van der Waals surface area contributed by atoms with Gasteiger partial charge in [-0.15, -0.1) is 0 Å². The summed E-state index contributed by atoms with van der Waals surface area (Å²) >= 11 is 0. The Balaban J connectivity index is 2.88. The maximum absolute atomic E-state index is 10.4. The van der Waals surface area contributed by atoms with Gasteiger partial charge >= 0.3 is 0 Å². The molecule has 3 nitrogen and oxygen atoms in total. The van der Waals surface area contributed by atoms with Crippen LogP contribution in [0, 0.1) is 0 Å². The minimum atomic E-state index is 0.158. The summed E-state index contributed by atoms with van der Waals surface area (Å²) in [6.07, 6.45) is 2.38. The normalized spacial score (nSPS) is 11.9. The number of rotatable bonds is 6. The summed E-state index contributed by atoms with van der Waals surface area (Å²) in [6.45, 7) is 4.08. The third kappa shape index (κ3) is 3.26. The van der Waals surface area contributed by atoms with Gasteiger partial charge in [-0.3, -0.25) is 0 Å². The second-order valence-corrected chi connectivity index (χ2v) is 3.69.